The Morgan fingerprint density at radius 3 is 2.18 bits per heavy atom. The fourth-order valence-corrected chi connectivity index (χ4v) is 0.810. The van der Waals surface area contributed by atoms with Crippen LogP contribution in [0, 0.1) is 0 Å². The minimum atomic E-state index is 0.889. The molecule has 4 nitrogen and oxygen atoms in total. The third kappa shape index (κ3) is 4.78. The van der Waals surface area contributed by atoms with Crippen LogP contribution < -0.4 is 16.2 Å². The van der Waals surface area contributed by atoms with E-state index < -0.39 is 0 Å². The average Bonchev–Trinajstić information content (AvgIpc) is 2.64. The quantitative estimate of drug-likeness (QED) is 0.431. The van der Waals surface area contributed by atoms with Crippen LogP contribution in [-0.4, -0.2) is 32.8 Å². The van der Waals surface area contributed by atoms with E-state index in [1.807, 2.05) is 12.3 Å². The predicted octanol–water partition coefficient (Wildman–Crippen LogP) is -0.786. The maximum Gasteiger partial charge on any atom is 0.0591 e. The molecule has 0 aromatic carbocycles. The summed E-state index contributed by atoms with van der Waals surface area (Å²) in [5.41, 5.74) is 5.65. The predicted molar refractivity (Wildman–Crippen MR) is 44.0 cm³/mol. The maximum absolute atomic E-state index is 5.01. The molecule has 0 bridgehead atoms. The molecule has 0 amide bonds. The first kappa shape index (κ1) is 8.52. The topological polar surface area (TPSA) is 45.3 Å². The number of rotatable bonds is 0. The van der Waals surface area contributed by atoms with Gasteiger partial charge >= 0.3 is 0 Å². The molecule has 0 spiro atoms. The summed E-state index contributed by atoms with van der Waals surface area (Å²) in [5.74, 6) is 0. The summed E-state index contributed by atoms with van der Waals surface area (Å²) in [7, 11) is 0. The van der Waals surface area contributed by atoms with E-state index in [1.165, 1.54) is 0 Å². The molecular formula is C7H15N3O. The van der Waals surface area contributed by atoms with E-state index in [0.717, 1.165) is 32.8 Å². The average molecular weight is 157 g/mol. The van der Waals surface area contributed by atoms with Gasteiger partial charge in [0.15, 0.2) is 0 Å². The Labute approximate surface area is 67.0 Å². The van der Waals surface area contributed by atoms with Crippen LogP contribution >= 0.6 is 0 Å². The SMILES string of the molecule is C1=CNNC1.C1COCCN1. The fourth-order valence-electron chi connectivity index (χ4n) is 0.810. The van der Waals surface area contributed by atoms with Gasteiger partial charge in [0.1, 0.15) is 0 Å². The Bertz CT molecular complexity index is 94.7. The number of morpholine rings is 1. The first-order valence-corrected chi connectivity index (χ1v) is 3.92. The molecule has 0 aromatic heterocycles. The molecule has 64 valence electrons. The first-order chi connectivity index (χ1) is 5.50. The van der Waals surface area contributed by atoms with Crippen LogP contribution in [0.15, 0.2) is 12.3 Å². The molecule has 0 saturated carbocycles. The molecule has 1 saturated heterocycles. The fraction of sp³-hybridized carbons (Fsp3) is 0.714. The Kier molecular flexibility index (Phi) is 4.76. The van der Waals surface area contributed by atoms with Gasteiger partial charge in [0.2, 0.25) is 0 Å². The highest BCUT2D eigenvalue weighted by molar-refractivity contribution is 4.85. The van der Waals surface area contributed by atoms with Crippen molar-refractivity contribution in [1.29, 1.82) is 0 Å². The lowest BCUT2D eigenvalue weighted by molar-refractivity contribution is 0.109. The minimum absolute atomic E-state index is 0.889. The lowest BCUT2D eigenvalue weighted by atomic mass is 10.5. The van der Waals surface area contributed by atoms with Crippen molar-refractivity contribution in [2.45, 2.75) is 0 Å². The van der Waals surface area contributed by atoms with Crippen LogP contribution in [0.25, 0.3) is 0 Å². The molecule has 2 rings (SSSR count). The van der Waals surface area contributed by atoms with Gasteiger partial charge in [-0.1, -0.05) is 6.08 Å². The van der Waals surface area contributed by atoms with Crippen molar-refractivity contribution in [3.8, 4) is 0 Å². The van der Waals surface area contributed by atoms with Gasteiger partial charge in [0.05, 0.1) is 13.2 Å². The summed E-state index contributed by atoms with van der Waals surface area (Å²) in [5, 5.41) is 3.16. The molecule has 0 atom stereocenters. The molecule has 0 aromatic rings. The van der Waals surface area contributed by atoms with E-state index in [0.29, 0.717) is 0 Å². The van der Waals surface area contributed by atoms with E-state index >= 15 is 0 Å². The van der Waals surface area contributed by atoms with E-state index in [2.05, 4.69) is 16.2 Å². The van der Waals surface area contributed by atoms with Crippen molar-refractivity contribution in [1.82, 2.24) is 16.2 Å². The van der Waals surface area contributed by atoms with Gasteiger partial charge in [-0.2, -0.15) is 0 Å². The van der Waals surface area contributed by atoms with Crippen molar-refractivity contribution < 1.29 is 4.74 Å². The highest BCUT2D eigenvalue weighted by Crippen LogP contribution is 1.76. The molecular weight excluding hydrogens is 142 g/mol. The third-order valence-electron chi connectivity index (χ3n) is 1.37. The normalized spacial score (nSPS) is 21.8. The number of hydrogen-bond acceptors (Lipinski definition) is 4. The molecule has 2 aliphatic heterocycles. The van der Waals surface area contributed by atoms with Gasteiger partial charge in [0.25, 0.3) is 0 Å². The molecule has 3 N–H and O–H groups in total. The van der Waals surface area contributed by atoms with Crippen molar-refractivity contribution >= 4 is 0 Å². The molecule has 4 heteroatoms. The van der Waals surface area contributed by atoms with Crippen LogP contribution in [0.2, 0.25) is 0 Å². The van der Waals surface area contributed by atoms with E-state index in [-0.39, 0.29) is 0 Å². The second-order valence-corrected chi connectivity index (χ2v) is 2.29. The Morgan fingerprint density at radius 1 is 1.18 bits per heavy atom. The van der Waals surface area contributed by atoms with Crippen molar-refractivity contribution in [3.63, 3.8) is 0 Å². The second-order valence-electron chi connectivity index (χ2n) is 2.29. The summed E-state index contributed by atoms with van der Waals surface area (Å²) in [4.78, 5) is 0. The van der Waals surface area contributed by atoms with Gasteiger partial charge in [0, 0.05) is 25.8 Å². The number of hydrazine groups is 1. The Balaban J connectivity index is 0.000000112. The molecule has 0 radical (unpaired) electrons. The Morgan fingerprint density at radius 2 is 2.00 bits per heavy atom. The van der Waals surface area contributed by atoms with Gasteiger partial charge in [-0.15, -0.1) is 0 Å². The lowest BCUT2D eigenvalue weighted by Gasteiger charge is -2.10. The van der Waals surface area contributed by atoms with Gasteiger partial charge < -0.3 is 15.5 Å². The molecule has 2 heterocycles. The van der Waals surface area contributed by atoms with Crippen LogP contribution in [0.5, 0.6) is 0 Å². The standard InChI is InChI=1S/C4H9NO.C3H6N2/c1-3-6-4-2-5-1;1-2-4-5-3-1/h5H,1-4H2;1-2,4-5H,3H2. The Hall–Kier alpha value is -0.580. The van der Waals surface area contributed by atoms with Crippen molar-refractivity contribution in [2.24, 2.45) is 0 Å². The number of hydrogen-bond donors (Lipinski definition) is 3. The van der Waals surface area contributed by atoms with Crippen LogP contribution in [0.3, 0.4) is 0 Å². The van der Waals surface area contributed by atoms with Gasteiger partial charge in [-0.05, 0) is 0 Å². The third-order valence-corrected chi connectivity index (χ3v) is 1.37. The summed E-state index contributed by atoms with van der Waals surface area (Å²) >= 11 is 0. The number of nitrogens with one attached hydrogen (secondary N) is 3. The summed E-state index contributed by atoms with van der Waals surface area (Å²) in [6, 6.07) is 0. The molecule has 1 fully saturated rings. The number of ether oxygens (including phenoxy) is 1. The lowest BCUT2D eigenvalue weighted by Crippen LogP contribution is -2.30. The molecule has 0 unspecified atom stereocenters. The maximum atomic E-state index is 5.01. The highest BCUT2D eigenvalue weighted by Gasteiger charge is 1.92. The molecule has 11 heavy (non-hydrogen) atoms. The minimum Gasteiger partial charge on any atom is -0.379 e. The summed E-state index contributed by atoms with van der Waals surface area (Å²) < 4.78 is 5.01. The van der Waals surface area contributed by atoms with Crippen LogP contribution in [0.4, 0.5) is 0 Å². The molecule has 2 aliphatic rings. The van der Waals surface area contributed by atoms with Crippen molar-refractivity contribution in [3.05, 3.63) is 12.3 Å². The van der Waals surface area contributed by atoms with E-state index in [1.54, 1.807) is 0 Å². The monoisotopic (exact) mass is 157 g/mol. The summed E-state index contributed by atoms with van der Waals surface area (Å²) in [6.45, 7) is 4.79. The zero-order chi connectivity index (χ0) is 7.78. The zero-order valence-corrected chi connectivity index (χ0v) is 6.60. The van der Waals surface area contributed by atoms with E-state index in [4.69, 9.17) is 4.74 Å². The second kappa shape index (κ2) is 6.15. The zero-order valence-electron chi connectivity index (χ0n) is 6.60. The van der Waals surface area contributed by atoms with Crippen molar-refractivity contribution in [2.75, 3.05) is 32.8 Å². The first-order valence-electron chi connectivity index (χ1n) is 3.92. The van der Waals surface area contributed by atoms with Gasteiger partial charge in [-0.3, -0.25) is 0 Å². The summed E-state index contributed by atoms with van der Waals surface area (Å²) in [6.07, 6.45) is 3.89. The van der Waals surface area contributed by atoms with E-state index in [9.17, 15) is 0 Å². The van der Waals surface area contributed by atoms with Crippen LogP contribution in [-0.2, 0) is 4.74 Å². The largest absolute Gasteiger partial charge is 0.379 e. The van der Waals surface area contributed by atoms with Crippen LogP contribution in [0.1, 0.15) is 0 Å². The highest BCUT2D eigenvalue weighted by atomic mass is 16.5. The smallest absolute Gasteiger partial charge is 0.0591 e. The van der Waals surface area contributed by atoms with Gasteiger partial charge in [-0.25, -0.2) is 5.43 Å². The molecule has 0 aliphatic carbocycles.